The fraction of sp³-hybridized carbons (Fsp3) is 0.0833. The predicted molar refractivity (Wildman–Crippen MR) is 89.4 cm³/mol. The average molecular weight is 406 g/mol. The minimum atomic E-state index is 0.399. The lowest BCUT2D eigenvalue weighted by atomic mass is 10.2. The Labute approximate surface area is 132 Å². The maximum Gasteiger partial charge on any atom is 0.105 e. The van der Waals surface area contributed by atoms with Crippen LogP contribution in [0.3, 0.4) is 0 Å². The molecule has 0 aliphatic heterocycles. The van der Waals surface area contributed by atoms with E-state index in [1.54, 1.807) is 11.3 Å². The number of halogens is 2. The minimum Gasteiger partial charge on any atom is -0.389 e. The molecule has 1 aromatic heterocycles. The van der Waals surface area contributed by atoms with Crippen molar-refractivity contribution in [2.24, 2.45) is 5.73 Å². The molecular weight excluding hydrogens is 396 g/mol. The van der Waals surface area contributed by atoms with Crippen LogP contribution in [-0.4, -0.2) is 4.99 Å². The second kappa shape index (κ2) is 6.14. The second-order valence-electron chi connectivity index (χ2n) is 3.62. The standard InChI is InChI=1S/C12H10Br2N2S2/c13-10-5-7(1-3-9(10)12(15)17)16-6-8-2-4-11(14)18-8/h1-5,16H,6H2,(H2,15,17). The summed E-state index contributed by atoms with van der Waals surface area (Å²) in [6.45, 7) is 0.801. The number of hydrogen-bond acceptors (Lipinski definition) is 3. The van der Waals surface area contributed by atoms with Crippen molar-refractivity contribution in [2.45, 2.75) is 6.54 Å². The zero-order valence-corrected chi connectivity index (χ0v) is 14.0. The smallest absolute Gasteiger partial charge is 0.105 e. The molecule has 0 unspecified atom stereocenters. The first-order chi connectivity index (χ1) is 8.56. The topological polar surface area (TPSA) is 38.0 Å². The fourth-order valence-electron chi connectivity index (χ4n) is 1.46. The van der Waals surface area contributed by atoms with Crippen LogP contribution < -0.4 is 11.1 Å². The highest BCUT2D eigenvalue weighted by molar-refractivity contribution is 9.11. The van der Waals surface area contributed by atoms with Crippen LogP contribution in [0.4, 0.5) is 5.69 Å². The van der Waals surface area contributed by atoms with Crippen molar-refractivity contribution >= 4 is 66.1 Å². The number of thiocarbonyl (C=S) groups is 1. The van der Waals surface area contributed by atoms with Crippen LogP contribution in [0.2, 0.25) is 0 Å². The lowest BCUT2D eigenvalue weighted by Crippen LogP contribution is -2.10. The van der Waals surface area contributed by atoms with Crippen molar-refractivity contribution in [3.63, 3.8) is 0 Å². The van der Waals surface area contributed by atoms with Crippen molar-refractivity contribution in [2.75, 3.05) is 5.32 Å². The summed E-state index contributed by atoms with van der Waals surface area (Å²) in [5.41, 5.74) is 7.50. The Bertz CT molecular complexity index is 581. The number of hydrogen-bond donors (Lipinski definition) is 2. The maximum atomic E-state index is 5.61. The molecule has 3 N–H and O–H groups in total. The molecule has 0 saturated carbocycles. The van der Waals surface area contributed by atoms with E-state index in [2.05, 4.69) is 43.2 Å². The summed E-state index contributed by atoms with van der Waals surface area (Å²) in [5.74, 6) is 0. The van der Waals surface area contributed by atoms with Gasteiger partial charge in [0.2, 0.25) is 0 Å². The van der Waals surface area contributed by atoms with Gasteiger partial charge in [-0.25, -0.2) is 0 Å². The van der Waals surface area contributed by atoms with Gasteiger partial charge < -0.3 is 11.1 Å². The van der Waals surface area contributed by atoms with Crippen LogP contribution in [0.15, 0.2) is 38.6 Å². The molecule has 2 nitrogen and oxygen atoms in total. The van der Waals surface area contributed by atoms with Crippen molar-refractivity contribution in [1.82, 2.24) is 0 Å². The largest absolute Gasteiger partial charge is 0.389 e. The number of rotatable bonds is 4. The van der Waals surface area contributed by atoms with Crippen molar-refractivity contribution in [3.8, 4) is 0 Å². The van der Waals surface area contributed by atoms with Gasteiger partial charge in [-0.3, -0.25) is 0 Å². The molecule has 0 aliphatic rings. The summed E-state index contributed by atoms with van der Waals surface area (Å²) >= 11 is 13.6. The monoisotopic (exact) mass is 404 g/mol. The highest BCUT2D eigenvalue weighted by Crippen LogP contribution is 2.25. The molecule has 2 rings (SSSR count). The molecule has 6 heteroatoms. The average Bonchev–Trinajstić information content (AvgIpc) is 2.72. The molecule has 94 valence electrons. The van der Waals surface area contributed by atoms with E-state index in [-0.39, 0.29) is 0 Å². The molecule has 0 aliphatic carbocycles. The molecule has 0 atom stereocenters. The van der Waals surface area contributed by atoms with Gasteiger partial charge in [0.25, 0.3) is 0 Å². The molecule has 0 radical (unpaired) electrons. The van der Waals surface area contributed by atoms with E-state index in [9.17, 15) is 0 Å². The minimum absolute atomic E-state index is 0.399. The van der Waals surface area contributed by atoms with Crippen LogP contribution >= 0.6 is 55.4 Å². The highest BCUT2D eigenvalue weighted by atomic mass is 79.9. The molecule has 0 amide bonds. The van der Waals surface area contributed by atoms with Crippen LogP contribution in [0.25, 0.3) is 0 Å². The predicted octanol–water partition coefficient (Wildman–Crippen LogP) is 4.52. The van der Waals surface area contributed by atoms with Crippen LogP contribution in [-0.2, 0) is 6.54 Å². The number of benzene rings is 1. The van der Waals surface area contributed by atoms with Crippen LogP contribution in [0.5, 0.6) is 0 Å². The van der Waals surface area contributed by atoms with Gasteiger partial charge in [0, 0.05) is 27.1 Å². The summed E-state index contributed by atoms with van der Waals surface area (Å²) in [6.07, 6.45) is 0. The SMILES string of the molecule is NC(=S)c1ccc(NCc2ccc(Br)s2)cc1Br. The van der Waals surface area contributed by atoms with E-state index >= 15 is 0 Å². The molecule has 2 aromatic rings. The lowest BCUT2D eigenvalue weighted by molar-refractivity contribution is 1.19. The van der Waals surface area contributed by atoms with Gasteiger partial charge in [-0.05, 0) is 62.2 Å². The summed E-state index contributed by atoms with van der Waals surface area (Å²) in [4.78, 5) is 1.67. The Hall–Kier alpha value is -0.430. The summed E-state index contributed by atoms with van der Waals surface area (Å²) in [7, 11) is 0. The van der Waals surface area contributed by atoms with Crippen molar-refractivity contribution in [1.29, 1.82) is 0 Å². The first kappa shape index (κ1) is 14.0. The van der Waals surface area contributed by atoms with Gasteiger partial charge >= 0.3 is 0 Å². The third kappa shape index (κ3) is 3.54. The fourth-order valence-corrected chi connectivity index (χ4v) is 3.79. The first-order valence-corrected chi connectivity index (χ1v) is 7.95. The maximum absolute atomic E-state index is 5.61. The molecule has 1 heterocycles. The number of anilines is 1. The number of nitrogens with one attached hydrogen (secondary N) is 1. The Morgan fingerprint density at radius 3 is 2.61 bits per heavy atom. The van der Waals surface area contributed by atoms with E-state index in [0.717, 1.165) is 26.1 Å². The zero-order chi connectivity index (χ0) is 13.1. The van der Waals surface area contributed by atoms with Gasteiger partial charge in [-0.15, -0.1) is 11.3 Å². The Morgan fingerprint density at radius 2 is 2.06 bits per heavy atom. The first-order valence-electron chi connectivity index (χ1n) is 5.13. The zero-order valence-electron chi connectivity index (χ0n) is 9.24. The van der Waals surface area contributed by atoms with Gasteiger partial charge in [-0.1, -0.05) is 12.2 Å². The molecule has 0 bridgehead atoms. The van der Waals surface area contributed by atoms with Crippen LogP contribution in [0, 0.1) is 0 Å². The third-order valence-electron chi connectivity index (χ3n) is 2.33. The van der Waals surface area contributed by atoms with E-state index in [4.69, 9.17) is 18.0 Å². The molecule has 18 heavy (non-hydrogen) atoms. The third-order valence-corrected chi connectivity index (χ3v) is 4.83. The Kier molecular flexibility index (Phi) is 4.77. The van der Waals surface area contributed by atoms with Gasteiger partial charge in [0.15, 0.2) is 0 Å². The Morgan fingerprint density at radius 1 is 1.28 bits per heavy atom. The Balaban J connectivity index is 2.06. The second-order valence-corrected chi connectivity index (χ2v) is 7.46. The number of thiophene rings is 1. The molecule has 1 aromatic carbocycles. The number of nitrogens with two attached hydrogens (primary N) is 1. The van der Waals surface area contributed by atoms with E-state index in [1.807, 2.05) is 24.3 Å². The van der Waals surface area contributed by atoms with E-state index in [0.29, 0.717) is 4.99 Å². The van der Waals surface area contributed by atoms with E-state index in [1.165, 1.54) is 4.88 Å². The van der Waals surface area contributed by atoms with Crippen LogP contribution in [0.1, 0.15) is 10.4 Å². The molecular formula is C12H10Br2N2S2. The summed E-state index contributed by atoms with van der Waals surface area (Å²) in [6, 6.07) is 10.0. The normalized spacial score (nSPS) is 10.3. The van der Waals surface area contributed by atoms with Gasteiger partial charge in [0.1, 0.15) is 4.99 Å². The molecule has 0 spiro atoms. The van der Waals surface area contributed by atoms with E-state index < -0.39 is 0 Å². The summed E-state index contributed by atoms with van der Waals surface area (Å²) < 4.78 is 2.05. The molecule has 0 saturated heterocycles. The quantitative estimate of drug-likeness (QED) is 0.734. The summed E-state index contributed by atoms with van der Waals surface area (Å²) in [5, 5.41) is 3.36. The van der Waals surface area contributed by atoms with Gasteiger partial charge in [-0.2, -0.15) is 0 Å². The van der Waals surface area contributed by atoms with Crippen molar-refractivity contribution in [3.05, 3.63) is 49.0 Å². The lowest BCUT2D eigenvalue weighted by Gasteiger charge is -2.08. The molecule has 0 fully saturated rings. The van der Waals surface area contributed by atoms with Crippen molar-refractivity contribution < 1.29 is 0 Å². The highest BCUT2D eigenvalue weighted by Gasteiger charge is 2.04. The van der Waals surface area contributed by atoms with Gasteiger partial charge in [0.05, 0.1) is 3.79 Å².